The van der Waals surface area contributed by atoms with Gasteiger partial charge in [-0.1, -0.05) is 42.8 Å². The fraction of sp³-hybridized carbons (Fsp3) is 0.500. The first-order valence-corrected chi connectivity index (χ1v) is 17.7. The van der Waals surface area contributed by atoms with Gasteiger partial charge in [-0.2, -0.15) is 4.31 Å². The minimum Gasteiger partial charge on any atom is -0.497 e. The summed E-state index contributed by atoms with van der Waals surface area (Å²) in [5.41, 5.74) is 4.07. The van der Waals surface area contributed by atoms with Gasteiger partial charge in [-0.3, -0.25) is 0 Å². The van der Waals surface area contributed by atoms with Crippen molar-refractivity contribution in [1.82, 2.24) is 4.31 Å². The van der Waals surface area contributed by atoms with Gasteiger partial charge in [0.05, 0.1) is 43.1 Å². The molecule has 250 valence electrons. The summed E-state index contributed by atoms with van der Waals surface area (Å²) in [5, 5.41) is 10.7. The number of aryl methyl sites for hydroxylation is 1. The number of aliphatic hydroxyl groups excluding tert-OH is 1. The van der Waals surface area contributed by atoms with Crippen LogP contribution in [-0.2, 0) is 26.1 Å². The molecule has 0 radical (unpaired) electrons. The Morgan fingerprint density at radius 1 is 1.04 bits per heavy atom. The van der Waals surface area contributed by atoms with E-state index in [1.54, 1.807) is 30.7 Å². The molecule has 0 aromatic heterocycles. The van der Waals surface area contributed by atoms with Gasteiger partial charge in [0.2, 0.25) is 10.0 Å². The lowest BCUT2D eigenvalue weighted by molar-refractivity contribution is -0.0263. The van der Waals surface area contributed by atoms with Crippen molar-refractivity contribution in [3.8, 4) is 11.5 Å². The lowest BCUT2D eigenvalue weighted by atomic mass is 9.82. The quantitative estimate of drug-likeness (QED) is 0.227. The predicted octanol–water partition coefficient (Wildman–Crippen LogP) is 5.53. The van der Waals surface area contributed by atoms with Crippen LogP contribution in [0.3, 0.4) is 0 Å². The van der Waals surface area contributed by atoms with E-state index >= 15 is 0 Å². The SMILES string of the molecule is CC[C@H](O)C[C@H]1C[C@H](c2ccc(OC)cc2)[C@@H](OCc2ccc3c(c2)N(CCCOC)CCO3)CN1S(=O)(=O)c1ccc(C)cc1. The van der Waals surface area contributed by atoms with Gasteiger partial charge in [0.1, 0.15) is 18.1 Å². The van der Waals surface area contributed by atoms with Crippen molar-refractivity contribution in [3.05, 3.63) is 83.4 Å². The van der Waals surface area contributed by atoms with Crippen LogP contribution in [0.5, 0.6) is 11.5 Å². The Morgan fingerprint density at radius 2 is 1.80 bits per heavy atom. The number of nitrogens with zero attached hydrogens (tertiary/aromatic N) is 2. The molecule has 2 aliphatic heterocycles. The predicted molar refractivity (Wildman–Crippen MR) is 179 cm³/mol. The third-order valence-electron chi connectivity index (χ3n) is 9.15. The van der Waals surface area contributed by atoms with Gasteiger partial charge in [0, 0.05) is 38.8 Å². The van der Waals surface area contributed by atoms with Gasteiger partial charge in [0.15, 0.2) is 0 Å². The molecule has 2 heterocycles. The third kappa shape index (κ3) is 8.04. The lowest BCUT2D eigenvalue weighted by Crippen LogP contribution is -2.53. The van der Waals surface area contributed by atoms with Crippen LogP contribution in [0.2, 0.25) is 0 Å². The van der Waals surface area contributed by atoms with E-state index in [0.717, 1.165) is 53.4 Å². The molecule has 0 saturated carbocycles. The molecule has 46 heavy (non-hydrogen) atoms. The van der Waals surface area contributed by atoms with Crippen molar-refractivity contribution >= 4 is 15.7 Å². The maximum Gasteiger partial charge on any atom is 0.243 e. The average molecular weight is 653 g/mol. The van der Waals surface area contributed by atoms with E-state index in [-0.39, 0.29) is 17.4 Å². The minimum atomic E-state index is -3.86. The van der Waals surface area contributed by atoms with Crippen LogP contribution in [0.25, 0.3) is 0 Å². The Labute approximate surface area is 274 Å². The number of anilines is 1. The molecule has 3 aromatic carbocycles. The largest absolute Gasteiger partial charge is 0.497 e. The van der Waals surface area contributed by atoms with Crippen LogP contribution in [-0.4, -0.2) is 83.1 Å². The molecule has 5 rings (SSSR count). The van der Waals surface area contributed by atoms with Gasteiger partial charge in [-0.05, 0) is 80.1 Å². The number of hydrogen-bond donors (Lipinski definition) is 1. The highest BCUT2D eigenvalue weighted by molar-refractivity contribution is 7.89. The van der Waals surface area contributed by atoms with E-state index in [4.69, 9.17) is 18.9 Å². The number of sulfonamides is 1. The number of piperidine rings is 1. The van der Waals surface area contributed by atoms with E-state index in [1.165, 1.54) is 0 Å². The Morgan fingerprint density at radius 3 is 2.50 bits per heavy atom. The first-order chi connectivity index (χ1) is 22.2. The molecular formula is C36H48N2O7S. The highest BCUT2D eigenvalue weighted by Crippen LogP contribution is 2.40. The second-order valence-corrected chi connectivity index (χ2v) is 14.2. The number of hydrogen-bond acceptors (Lipinski definition) is 8. The Bertz CT molecular complexity index is 1510. The van der Waals surface area contributed by atoms with E-state index in [2.05, 4.69) is 11.0 Å². The summed E-state index contributed by atoms with van der Waals surface area (Å²) in [5.74, 6) is 1.52. The number of fused-ring (bicyclic) bond motifs is 1. The van der Waals surface area contributed by atoms with Crippen molar-refractivity contribution in [2.45, 2.75) is 75.2 Å². The van der Waals surface area contributed by atoms with Crippen LogP contribution in [0, 0.1) is 6.92 Å². The molecule has 0 spiro atoms. The summed E-state index contributed by atoms with van der Waals surface area (Å²) in [6, 6.07) is 20.6. The van der Waals surface area contributed by atoms with Gasteiger partial charge in [0.25, 0.3) is 0 Å². The highest BCUT2D eigenvalue weighted by atomic mass is 32.2. The Hall–Kier alpha value is -3.15. The zero-order valence-corrected chi connectivity index (χ0v) is 28.2. The third-order valence-corrected chi connectivity index (χ3v) is 11.1. The zero-order valence-electron chi connectivity index (χ0n) is 27.4. The molecule has 0 aliphatic carbocycles. The summed E-state index contributed by atoms with van der Waals surface area (Å²) in [6.07, 6.45) is 1.30. The summed E-state index contributed by atoms with van der Waals surface area (Å²) >= 11 is 0. The smallest absolute Gasteiger partial charge is 0.243 e. The first kappa shape index (κ1) is 34.2. The maximum atomic E-state index is 14.2. The van der Waals surface area contributed by atoms with Gasteiger partial charge in [-0.25, -0.2) is 8.42 Å². The average Bonchev–Trinajstić information content (AvgIpc) is 3.07. The summed E-state index contributed by atoms with van der Waals surface area (Å²) in [4.78, 5) is 2.57. The number of benzene rings is 3. The molecular weight excluding hydrogens is 604 g/mol. The van der Waals surface area contributed by atoms with Crippen molar-refractivity contribution in [1.29, 1.82) is 0 Å². The topological polar surface area (TPSA) is 97.8 Å². The fourth-order valence-corrected chi connectivity index (χ4v) is 8.12. The summed E-state index contributed by atoms with van der Waals surface area (Å²) in [6.45, 7) is 7.35. The first-order valence-electron chi connectivity index (χ1n) is 16.2. The van der Waals surface area contributed by atoms with E-state index < -0.39 is 28.3 Å². The van der Waals surface area contributed by atoms with Gasteiger partial charge >= 0.3 is 0 Å². The van der Waals surface area contributed by atoms with Crippen LogP contribution >= 0.6 is 0 Å². The molecule has 0 amide bonds. The normalized spacial score (nSPS) is 21.0. The monoisotopic (exact) mass is 652 g/mol. The number of rotatable bonds is 14. The molecule has 4 atom stereocenters. The molecule has 0 bridgehead atoms. The van der Waals surface area contributed by atoms with Gasteiger partial charge in [-0.15, -0.1) is 0 Å². The zero-order chi connectivity index (χ0) is 32.7. The molecule has 2 aliphatic rings. The number of methoxy groups -OCH3 is 2. The summed E-state index contributed by atoms with van der Waals surface area (Å²) in [7, 11) is -0.500. The minimum absolute atomic E-state index is 0.0871. The number of ether oxygens (including phenoxy) is 4. The molecule has 10 heteroatoms. The Balaban J connectivity index is 1.45. The highest BCUT2D eigenvalue weighted by Gasteiger charge is 2.43. The van der Waals surface area contributed by atoms with Crippen LogP contribution in [0.4, 0.5) is 5.69 Å². The van der Waals surface area contributed by atoms with Crippen LogP contribution < -0.4 is 14.4 Å². The fourth-order valence-electron chi connectivity index (χ4n) is 6.46. The molecule has 9 nitrogen and oxygen atoms in total. The standard InChI is InChI=1S/C36H48N2O7S/c1-5-30(39)22-29-23-33(28-10-12-31(43-4)13-11-28)36(24-38(29)46(40,41)32-14-7-26(2)8-15-32)45-25-27-9-16-35-34(21-27)37(18-20-44-35)17-6-19-42-3/h7-16,21,29-30,33,36,39H,5-6,17-20,22-25H2,1-4H3/t29-,30-,33+,36-/m0/s1. The van der Waals surface area contributed by atoms with E-state index in [1.807, 2.05) is 62.4 Å². The molecule has 1 N–H and O–H groups in total. The molecule has 1 fully saturated rings. The van der Waals surface area contributed by atoms with E-state index in [9.17, 15) is 13.5 Å². The maximum absolute atomic E-state index is 14.2. The van der Waals surface area contributed by atoms with Crippen molar-refractivity contribution in [2.24, 2.45) is 0 Å². The van der Waals surface area contributed by atoms with Crippen molar-refractivity contribution < 1.29 is 32.5 Å². The number of aliphatic hydroxyl groups is 1. The van der Waals surface area contributed by atoms with Gasteiger partial charge < -0.3 is 29.0 Å². The second-order valence-electron chi connectivity index (χ2n) is 12.3. The van der Waals surface area contributed by atoms with Crippen molar-refractivity contribution in [2.75, 3.05) is 52.0 Å². The second kappa shape index (κ2) is 15.6. The van der Waals surface area contributed by atoms with E-state index in [0.29, 0.717) is 39.1 Å². The molecule has 1 saturated heterocycles. The summed E-state index contributed by atoms with van der Waals surface area (Å²) < 4.78 is 53.2. The Kier molecular flexibility index (Phi) is 11.6. The van der Waals surface area contributed by atoms with Crippen molar-refractivity contribution in [3.63, 3.8) is 0 Å². The molecule has 3 aromatic rings. The lowest BCUT2D eigenvalue weighted by Gasteiger charge is -2.44. The molecule has 0 unspecified atom stereocenters. The van der Waals surface area contributed by atoms with Crippen LogP contribution in [0.15, 0.2) is 71.6 Å². The van der Waals surface area contributed by atoms with Crippen LogP contribution in [0.1, 0.15) is 55.2 Å².